The summed E-state index contributed by atoms with van der Waals surface area (Å²) in [4.78, 5) is 2.07. The Hall–Kier alpha value is -1.85. The average Bonchev–Trinajstić information content (AvgIpc) is 2.37. The molecular weight excluding hydrogens is 261 g/mol. The maximum absolute atomic E-state index is 13.6. The highest BCUT2D eigenvalue weighted by molar-refractivity contribution is 5.65. The van der Waals surface area contributed by atoms with E-state index in [1.54, 1.807) is 12.1 Å². The lowest BCUT2D eigenvalue weighted by molar-refractivity contribution is 0.418. The van der Waals surface area contributed by atoms with E-state index in [2.05, 4.69) is 44.1 Å². The van der Waals surface area contributed by atoms with Gasteiger partial charge in [-0.1, -0.05) is 42.7 Å². The molecule has 0 aliphatic carbocycles. The molecule has 0 aliphatic heterocycles. The molecule has 2 heteroatoms. The molecule has 0 unspecified atom stereocenters. The van der Waals surface area contributed by atoms with Crippen LogP contribution in [0.2, 0.25) is 0 Å². The molecular formula is C19H24FN. The van der Waals surface area contributed by atoms with Gasteiger partial charge in [0, 0.05) is 24.1 Å². The van der Waals surface area contributed by atoms with Crippen molar-refractivity contribution in [2.24, 2.45) is 5.41 Å². The molecule has 0 spiro atoms. The first kappa shape index (κ1) is 17.2. The molecule has 0 N–H and O–H groups in total. The summed E-state index contributed by atoms with van der Waals surface area (Å²) in [6.45, 7) is 11.6. The predicted molar refractivity (Wildman–Crippen MR) is 89.3 cm³/mol. The number of likely N-dealkylation sites (N-methyl/N-ethyl adjacent to an activating group) is 1. The minimum atomic E-state index is -0.220. The molecule has 0 radical (unpaired) electrons. The van der Waals surface area contributed by atoms with Crippen LogP contribution in [0.3, 0.4) is 0 Å². The first-order valence-corrected chi connectivity index (χ1v) is 7.08. The monoisotopic (exact) mass is 285 g/mol. The van der Waals surface area contributed by atoms with Crippen LogP contribution in [-0.2, 0) is 0 Å². The molecule has 1 rings (SSSR count). The van der Waals surface area contributed by atoms with E-state index in [0.717, 1.165) is 12.1 Å². The molecule has 0 heterocycles. The summed E-state index contributed by atoms with van der Waals surface area (Å²) in [6, 6.07) is 6.73. The first-order valence-electron chi connectivity index (χ1n) is 7.08. The lowest BCUT2D eigenvalue weighted by Gasteiger charge is -2.16. The van der Waals surface area contributed by atoms with Gasteiger partial charge in [-0.2, -0.15) is 0 Å². The fourth-order valence-electron chi connectivity index (χ4n) is 1.77. The van der Waals surface area contributed by atoms with E-state index in [4.69, 9.17) is 0 Å². The molecule has 112 valence electrons. The van der Waals surface area contributed by atoms with Crippen molar-refractivity contribution in [3.8, 4) is 11.8 Å². The van der Waals surface area contributed by atoms with Gasteiger partial charge in [-0.15, -0.1) is 0 Å². The normalized spacial score (nSPS) is 11.5. The van der Waals surface area contributed by atoms with Crippen molar-refractivity contribution < 1.29 is 4.39 Å². The van der Waals surface area contributed by atoms with E-state index in [0.29, 0.717) is 12.1 Å². The van der Waals surface area contributed by atoms with Gasteiger partial charge in [0.2, 0.25) is 0 Å². The van der Waals surface area contributed by atoms with Crippen LogP contribution in [0.25, 0.3) is 5.57 Å². The van der Waals surface area contributed by atoms with Crippen LogP contribution in [0.1, 0.15) is 26.3 Å². The minimum absolute atomic E-state index is 0.0232. The van der Waals surface area contributed by atoms with Crippen LogP contribution < -0.4 is 0 Å². The second-order valence-corrected chi connectivity index (χ2v) is 6.20. The van der Waals surface area contributed by atoms with E-state index >= 15 is 0 Å². The average molecular weight is 285 g/mol. The van der Waals surface area contributed by atoms with Gasteiger partial charge in [0.05, 0.1) is 0 Å². The van der Waals surface area contributed by atoms with Gasteiger partial charge in [-0.3, -0.25) is 4.90 Å². The standard InChI is InChI=1S/C19H24FN/c1-16(17-11-7-8-12-18(17)20)15-21(5)14-10-6-9-13-19(2,3)4/h6-8,10-12H,1,14-15H2,2-5H3/b10-6+. The van der Waals surface area contributed by atoms with Crippen molar-refractivity contribution >= 4 is 5.57 Å². The van der Waals surface area contributed by atoms with Gasteiger partial charge in [-0.05, 0) is 45.5 Å². The van der Waals surface area contributed by atoms with E-state index in [9.17, 15) is 4.39 Å². The minimum Gasteiger partial charge on any atom is -0.298 e. The fraction of sp³-hybridized carbons (Fsp3) is 0.368. The fourth-order valence-corrected chi connectivity index (χ4v) is 1.77. The maximum atomic E-state index is 13.6. The van der Waals surface area contributed by atoms with Crippen LogP contribution in [0.5, 0.6) is 0 Å². The SMILES string of the molecule is C=C(CN(C)C/C=C/C#CC(C)(C)C)c1ccccc1F. The molecule has 0 atom stereocenters. The van der Waals surface area contributed by atoms with E-state index in [1.165, 1.54) is 6.07 Å². The lowest BCUT2D eigenvalue weighted by atomic mass is 9.98. The molecule has 1 aromatic rings. The highest BCUT2D eigenvalue weighted by Crippen LogP contribution is 2.16. The molecule has 1 nitrogen and oxygen atoms in total. The number of rotatable bonds is 5. The number of allylic oxidation sites excluding steroid dienone is 1. The van der Waals surface area contributed by atoms with Crippen molar-refractivity contribution in [2.45, 2.75) is 20.8 Å². The third-order valence-corrected chi connectivity index (χ3v) is 2.78. The molecule has 21 heavy (non-hydrogen) atoms. The van der Waals surface area contributed by atoms with E-state index < -0.39 is 0 Å². The van der Waals surface area contributed by atoms with Crippen LogP contribution in [-0.4, -0.2) is 25.0 Å². The number of hydrogen-bond donors (Lipinski definition) is 0. The maximum Gasteiger partial charge on any atom is 0.130 e. The third kappa shape index (κ3) is 6.92. The van der Waals surface area contributed by atoms with Crippen LogP contribution >= 0.6 is 0 Å². The smallest absolute Gasteiger partial charge is 0.130 e. The summed E-state index contributed by atoms with van der Waals surface area (Å²) in [5, 5.41) is 0. The largest absolute Gasteiger partial charge is 0.298 e. The zero-order chi connectivity index (χ0) is 15.9. The second kappa shape index (κ2) is 7.81. The Morgan fingerprint density at radius 2 is 2.00 bits per heavy atom. The van der Waals surface area contributed by atoms with Gasteiger partial charge < -0.3 is 0 Å². The van der Waals surface area contributed by atoms with E-state index in [-0.39, 0.29) is 11.2 Å². The summed E-state index contributed by atoms with van der Waals surface area (Å²) >= 11 is 0. The summed E-state index contributed by atoms with van der Waals surface area (Å²) < 4.78 is 13.6. The molecule has 1 aromatic carbocycles. The molecule has 0 aromatic heterocycles. The number of nitrogens with zero attached hydrogens (tertiary/aromatic N) is 1. The summed E-state index contributed by atoms with van der Waals surface area (Å²) in [5.41, 5.74) is 1.39. The Morgan fingerprint density at radius 1 is 1.33 bits per heavy atom. The summed E-state index contributed by atoms with van der Waals surface area (Å²) in [7, 11) is 1.98. The van der Waals surface area contributed by atoms with Crippen LogP contribution in [0.15, 0.2) is 43.0 Å². The summed E-state index contributed by atoms with van der Waals surface area (Å²) in [5.74, 6) is 5.96. The second-order valence-electron chi connectivity index (χ2n) is 6.20. The molecule has 0 aliphatic rings. The number of halogens is 1. The van der Waals surface area contributed by atoms with Crippen LogP contribution in [0, 0.1) is 23.1 Å². The van der Waals surface area contributed by atoms with Gasteiger partial charge in [-0.25, -0.2) is 4.39 Å². The van der Waals surface area contributed by atoms with Crippen molar-refractivity contribution in [3.05, 3.63) is 54.4 Å². The Balaban J connectivity index is 2.49. The quantitative estimate of drug-likeness (QED) is 0.726. The van der Waals surface area contributed by atoms with Crippen LogP contribution in [0.4, 0.5) is 4.39 Å². The van der Waals surface area contributed by atoms with Crippen molar-refractivity contribution in [3.63, 3.8) is 0 Å². The molecule has 0 bridgehead atoms. The Morgan fingerprint density at radius 3 is 2.62 bits per heavy atom. The van der Waals surface area contributed by atoms with Crippen molar-refractivity contribution in [1.82, 2.24) is 4.90 Å². The lowest BCUT2D eigenvalue weighted by Crippen LogP contribution is -2.20. The predicted octanol–water partition coefficient (Wildman–Crippen LogP) is 4.38. The Bertz CT molecular complexity index is 567. The van der Waals surface area contributed by atoms with E-state index in [1.807, 2.05) is 25.3 Å². The zero-order valence-corrected chi connectivity index (χ0v) is 13.4. The first-order chi connectivity index (χ1) is 9.79. The van der Waals surface area contributed by atoms with Gasteiger partial charge in [0.25, 0.3) is 0 Å². The Labute approximate surface area is 128 Å². The third-order valence-electron chi connectivity index (χ3n) is 2.78. The topological polar surface area (TPSA) is 3.24 Å². The highest BCUT2D eigenvalue weighted by atomic mass is 19.1. The zero-order valence-electron chi connectivity index (χ0n) is 13.4. The van der Waals surface area contributed by atoms with Gasteiger partial charge >= 0.3 is 0 Å². The Kier molecular flexibility index (Phi) is 6.39. The molecule has 0 fully saturated rings. The van der Waals surface area contributed by atoms with Crippen molar-refractivity contribution in [2.75, 3.05) is 20.1 Å². The molecule has 0 saturated heterocycles. The van der Waals surface area contributed by atoms with Gasteiger partial charge in [0.15, 0.2) is 0 Å². The molecule has 0 amide bonds. The highest BCUT2D eigenvalue weighted by Gasteiger charge is 2.07. The summed E-state index contributed by atoms with van der Waals surface area (Å²) in [6.07, 6.45) is 3.88. The molecule has 0 saturated carbocycles. The number of benzene rings is 1. The van der Waals surface area contributed by atoms with Crippen molar-refractivity contribution in [1.29, 1.82) is 0 Å². The number of hydrogen-bond acceptors (Lipinski definition) is 1. The van der Waals surface area contributed by atoms with Gasteiger partial charge in [0.1, 0.15) is 5.82 Å².